The molecule has 0 fully saturated rings. The van der Waals surface area contributed by atoms with Crippen LogP contribution in [0, 0.1) is 0 Å². The number of carbonyl (C=O) groups is 1. The molecule has 1 N–H and O–H groups in total. The number of carbonyl (C=O) groups excluding carboxylic acids is 1. The third kappa shape index (κ3) is 8.88. The first-order valence-electron chi connectivity index (χ1n) is 5.69. The quantitative estimate of drug-likeness (QED) is 0.602. The summed E-state index contributed by atoms with van der Waals surface area (Å²) in [6.45, 7) is 1.76. The summed E-state index contributed by atoms with van der Waals surface area (Å²) in [6, 6.07) is 0. The first-order chi connectivity index (χ1) is 7.52. The number of ether oxygens (including phenoxy) is 1. The van der Waals surface area contributed by atoms with Crippen LogP contribution in [0.5, 0.6) is 0 Å². The highest BCUT2D eigenvalue weighted by Crippen LogP contribution is 2.29. The number of hydrogen-bond donors (Lipinski definition) is 1. The van der Waals surface area contributed by atoms with Gasteiger partial charge in [0, 0.05) is 6.54 Å². The van der Waals surface area contributed by atoms with Gasteiger partial charge in [-0.15, -0.1) is 0 Å². The second-order valence-corrected chi connectivity index (χ2v) is 5.17. The topological polar surface area (TPSA) is 38.3 Å². The molecule has 0 rings (SSSR count). The summed E-state index contributed by atoms with van der Waals surface area (Å²) in [5.74, 6) is -1.28. The van der Waals surface area contributed by atoms with Crippen LogP contribution in [-0.4, -0.2) is 25.2 Å². The van der Waals surface area contributed by atoms with Gasteiger partial charge in [-0.1, -0.05) is 19.2 Å². The molecule has 0 aromatic heterocycles. The van der Waals surface area contributed by atoms with Gasteiger partial charge in [-0.25, -0.2) is 4.79 Å². The van der Waals surface area contributed by atoms with Crippen molar-refractivity contribution in [1.82, 2.24) is 5.32 Å². The molecule has 0 aliphatic heterocycles. The zero-order valence-electron chi connectivity index (χ0n) is 10.7. The summed E-state index contributed by atoms with van der Waals surface area (Å²) >= 11 is 0. The highest BCUT2D eigenvalue weighted by molar-refractivity contribution is 6.60. The van der Waals surface area contributed by atoms with Crippen molar-refractivity contribution in [3.05, 3.63) is 0 Å². The van der Waals surface area contributed by atoms with E-state index in [9.17, 15) is 17.7 Å². The minimum Gasteiger partial charge on any atom is -0.449 e. The van der Waals surface area contributed by atoms with Gasteiger partial charge >= 0.3 is 13.1 Å². The Labute approximate surface area is 100 Å². The van der Waals surface area contributed by atoms with Gasteiger partial charge in [0.1, 0.15) is 5.60 Å². The van der Waals surface area contributed by atoms with Crippen molar-refractivity contribution < 1.29 is 22.5 Å². The van der Waals surface area contributed by atoms with Crippen molar-refractivity contribution in [2.75, 3.05) is 6.54 Å². The molecule has 0 bridgehead atoms. The number of rotatable bonds is 5. The van der Waals surface area contributed by atoms with Crippen LogP contribution >= 0.6 is 0 Å². The Kier molecular flexibility index (Phi) is 5.85. The normalized spacial score (nSPS) is 14.3. The average Bonchev–Trinajstić information content (AvgIpc) is 2.07. The largest absolute Gasteiger partial charge is 0.481 e. The van der Waals surface area contributed by atoms with Crippen molar-refractivity contribution in [1.29, 1.82) is 0 Å². The fraction of sp³-hybridized carbons (Fsp3) is 0.900. The Bertz CT molecular complexity index is 251. The van der Waals surface area contributed by atoms with Crippen molar-refractivity contribution in [2.24, 2.45) is 0 Å². The van der Waals surface area contributed by atoms with Gasteiger partial charge in [-0.3, -0.25) is 0 Å². The van der Waals surface area contributed by atoms with Crippen LogP contribution < -0.4 is 5.32 Å². The van der Waals surface area contributed by atoms with Crippen LogP contribution in [0.2, 0.25) is 5.82 Å². The molecule has 0 aliphatic rings. The molecule has 1 atom stereocenters. The Morgan fingerprint density at radius 2 is 1.88 bits per heavy atom. The predicted octanol–water partition coefficient (Wildman–Crippen LogP) is 3.53. The molecule has 1 unspecified atom stereocenters. The lowest BCUT2D eigenvalue weighted by Crippen LogP contribution is -2.33. The molecule has 0 saturated carbocycles. The summed E-state index contributed by atoms with van der Waals surface area (Å²) in [5.41, 5.74) is -0.591. The number of alkyl carbamates (subject to hydrolysis) is 1. The van der Waals surface area contributed by atoms with Crippen LogP contribution in [0.3, 0.4) is 0 Å². The maximum absolute atomic E-state index is 12.2. The lowest BCUT2D eigenvalue weighted by Gasteiger charge is -2.23. The monoisotopic (exact) mass is 254 g/mol. The molecule has 1 amide bonds. The Balaban J connectivity index is 3.69. The summed E-state index contributed by atoms with van der Waals surface area (Å²) < 4.78 is 41.6. The summed E-state index contributed by atoms with van der Waals surface area (Å²) in [5, 5.41) is 2.42. The smallest absolute Gasteiger partial charge is 0.449 e. The van der Waals surface area contributed by atoms with Gasteiger partial charge in [0.15, 0.2) is 0 Å². The third-order valence-corrected chi connectivity index (χ3v) is 2.15. The van der Waals surface area contributed by atoms with Gasteiger partial charge in [-0.2, -0.15) is 0 Å². The molecule has 0 aromatic carbocycles. The summed E-state index contributed by atoms with van der Waals surface area (Å²) in [4.78, 5) is 11.1. The van der Waals surface area contributed by atoms with Gasteiger partial charge in [0.25, 0.3) is 0 Å². The van der Waals surface area contributed by atoms with Crippen LogP contribution in [0.15, 0.2) is 0 Å². The van der Waals surface area contributed by atoms with E-state index < -0.39 is 24.5 Å². The molecule has 0 aliphatic carbocycles. The molecular weight excluding hydrogens is 234 g/mol. The third-order valence-electron chi connectivity index (χ3n) is 2.15. The second-order valence-electron chi connectivity index (χ2n) is 5.17. The fourth-order valence-corrected chi connectivity index (χ4v) is 1.12. The van der Waals surface area contributed by atoms with Crippen LogP contribution in [0.25, 0.3) is 0 Å². The van der Waals surface area contributed by atoms with Gasteiger partial charge in [0.05, 0.1) is 0 Å². The van der Waals surface area contributed by atoms with E-state index in [1.165, 1.54) is 0 Å². The Morgan fingerprint density at radius 3 is 2.29 bits per heavy atom. The van der Waals surface area contributed by atoms with Crippen molar-refractivity contribution in [3.8, 4) is 0 Å². The Morgan fingerprint density at radius 1 is 1.35 bits per heavy atom. The number of halogens is 3. The molecule has 0 radical (unpaired) electrons. The molecule has 0 saturated heterocycles. The van der Waals surface area contributed by atoms with Crippen molar-refractivity contribution >= 4 is 13.1 Å². The first-order valence-corrected chi connectivity index (χ1v) is 5.69. The zero-order valence-corrected chi connectivity index (χ0v) is 10.7. The zero-order chi connectivity index (χ0) is 13.7. The number of hydrogen-bond acceptors (Lipinski definition) is 2. The van der Waals surface area contributed by atoms with E-state index in [1.54, 1.807) is 20.8 Å². The standard InChI is InChI=1S/C10H20BF3NO2/c1-8(11(12,13)14)6-5-7-15-9(16)17-10(2,3)4/h8H,5-7H2,1-4H3,(H,15,16)/q-1. The second kappa shape index (κ2) is 6.16. The lowest BCUT2D eigenvalue weighted by molar-refractivity contribution is 0.0527. The molecule has 3 nitrogen and oxygen atoms in total. The van der Waals surface area contributed by atoms with Gasteiger partial charge in [-0.05, 0) is 27.2 Å². The maximum atomic E-state index is 12.2. The van der Waals surface area contributed by atoms with E-state index in [0.717, 1.165) is 6.92 Å². The number of amides is 1. The minimum absolute atomic E-state index is 0.0271. The summed E-state index contributed by atoms with van der Waals surface area (Å²) in [7, 11) is 0. The van der Waals surface area contributed by atoms with E-state index in [1.807, 2.05) is 0 Å². The maximum Gasteiger partial charge on any atom is 0.481 e. The van der Waals surface area contributed by atoms with E-state index in [0.29, 0.717) is 6.42 Å². The molecule has 0 aromatic rings. The fourth-order valence-electron chi connectivity index (χ4n) is 1.12. The van der Waals surface area contributed by atoms with E-state index in [-0.39, 0.29) is 13.0 Å². The lowest BCUT2D eigenvalue weighted by atomic mass is 9.71. The van der Waals surface area contributed by atoms with E-state index >= 15 is 0 Å². The molecule has 0 spiro atoms. The van der Waals surface area contributed by atoms with E-state index in [4.69, 9.17) is 4.74 Å². The van der Waals surface area contributed by atoms with Crippen molar-refractivity contribution in [3.63, 3.8) is 0 Å². The molecule has 17 heavy (non-hydrogen) atoms. The van der Waals surface area contributed by atoms with Gasteiger partial charge < -0.3 is 23.0 Å². The average molecular weight is 254 g/mol. The first kappa shape index (κ1) is 16.1. The highest BCUT2D eigenvalue weighted by atomic mass is 19.4. The SMILES string of the molecule is CC(CCCNC(=O)OC(C)(C)C)[B-](F)(F)F. The van der Waals surface area contributed by atoms with Crippen LogP contribution in [-0.2, 0) is 4.74 Å². The number of nitrogens with one attached hydrogen (secondary N) is 1. The van der Waals surface area contributed by atoms with Crippen LogP contribution in [0.4, 0.5) is 17.7 Å². The molecule has 102 valence electrons. The molecular formula is C10H20BF3NO2-. The molecule has 0 heterocycles. The van der Waals surface area contributed by atoms with Crippen LogP contribution in [0.1, 0.15) is 40.5 Å². The van der Waals surface area contributed by atoms with Gasteiger partial charge in [0.2, 0.25) is 0 Å². The predicted molar refractivity (Wildman–Crippen MR) is 62.0 cm³/mol. The van der Waals surface area contributed by atoms with Crippen molar-refractivity contribution in [2.45, 2.75) is 52.0 Å². The Hall–Kier alpha value is -0.875. The minimum atomic E-state index is -4.77. The molecule has 7 heteroatoms. The summed E-state index contributed by atoms with van der Waals surface area (Å²) in [6.07, 6.45) is -0.274. The van der Waals surface area contributed by atoms with E-state index in [2.05, 4.69) is 5.32 Å². The highest BCUT2D eigenvalue weighted by Gasteiger charge is 2.30.